The van der Waals surface area contributed by atoms with Crippen molar-refractivity contribution in [1.29, 1.82) is 0 Å². The van der Waals surface area contributed by atoms with Gasteiger partial charge in [-0.05, 0) is 38.1 Å². The fraction of sp³-hybridized carbons (Fsp3) is 0.533. The molecule has 2 aliphatic rings. The van der Waals surface area contributed by atoms with Crippen molar-refractivity contribution >= 4 is 15.7 Å². The quantitative estimate of drug-likeness (QED) is 0.828. The summed E-state index contributed by atoms with van der Waals surface area (Å²) >= 11 is 0. The van der Waals surface area contributed by atoms with Crippen LogP contribution in [0, 0.1) is 0 Å². The first-order chi connectivity index (χ1) is 10.1. The summed E-state index contributed by atoms with van der Waals surface area (Å²) in [7, 11) is -3.09. The van der Waals surface area contributed by atoms with E-state index in [4.69, 9.17) is 0 Å². The van der Waals surface area contributed by atoms with Crippen LogP contribution in [0.5, 0.6) is 0 Å². The van der Waals surface area contributed by atoms with E-state index in [0.29, 0.717) is 31.5 Å². The number of sulfone groups is 1. The van der Waals surface area contributed by atoms with Crippen LogP contribution in [-0.4, -0.2) is 55.9 Å². The average Bonchev–Trinajstić information content (AvgIpc) is 2.74. The largest absolute Gasteiger partial charge is 0.333 e. The van der Waals surface area contributed by atoms with E-state index in [1.807, 2.05) is 18.2 Å². The van der Waals surface area contributed by atoms with Crippen molar-refractivity contribution in [2.45, 2.75) is 24.1 Å². The summed E-state index contributed by atoms with van der Waals surface area (Å²) in [5.41, 5.74) is 0.632. The van der Waals surface area contributed by atoms with Gasteiger partial charge in [0.15, 0.2) is 9.84 Å². The lowest BCUT2D eigenvalue weighted by molar-refractivity contribution is 0.0668. The molecule has 2 saturated heterocycles. The highest BCUT2D eigenvalue weighted by atomic mass is 32.2. The topological polar surface area (TPSA) is 66.5 Å². The van der Waals surface area contributed by atoms with Crippen molar-refractivity contribution < 1.29 is 13.2 Å². The molecular weight excluding hydrogens is 288 g/mol. The highest BCUT2D eigenvalue weighted by Crippen LogP contribution is 2.27. The van der Waals surface area contributed by atoms with Crippen LogP contribution in [-0.2, 0) is 9.84 Å². The lowest BCUT2D eigenvalue weighted by Gasteiger charge is -2.40. The highest BCUT2D eigenvalue weighted by molar-refractivity contribution is 7.92. The fourth-order valence-electron chi connectivity index (χ4n) is 3.31. The monoisotopic (exact) mass is 308 g/mol. The molecule has 1 amide bonds. The van der Waals surface area contributed by atoms with Gasteiger partial charge in [0.1, 0.15) is 0 Å². The van der Waals surface area contributed by atoms with E-state index in [0.717, 1.165) is 6.54 Å². The van der Waals surface area contributed by atoms with E-state index in [1.165, 1.54) is 0 Å². The molecule has 1 aromatic rings. The lowest BCUT2D eigenvalue weighted by Crippen LogP contribution is -2.56. The van der Waals surface area contributed by atoms with E-state index in [1.54, 1.807) is 17.0 Å². The van der Waals surface area contributed by atoms with Gasteiger partial charge in [-0.2, -0.15) is 0 Å². The van der Waals surface area contributed by atoms with E-state index >= 15 is 0 Å². The molecule has 3 rings (SSSR count). The fourth-order valence-corrected chi connectivity index (χ4v) is 5.31. The van der Waals surface area contributed by atoms with Gasteiger partial charge in [-0.15, -0.1) is 0 Å². The molecule has 0 aliphatic carbocycles. The molecular formula is C15H20N2O3S. The molecule has 2 heterocycles. The maximum atomic E-state index is 12.7. The predicted molar refractivity (Wildman–Crippen MR) is 80.9 cm³/mol. The van der Waals surface area contributed by atoms with E-state index in [2.05, 4.69) is 5.32 Å². The van der Waals surface area contributed by atoms with Crippen molar-refractivity contribution in [3.8, 4) is 0 Å². The Morgan fingerprint density at radius 3 is 2.62 bits per heavy atom. The summed E-state index contributed by atoms with van der Waals surface area (Å²) in [6.45, 7) is 1.76. The second-order valence-corrected chi connectivity index (χ2v) is 8.00. The molecule has 0 unspecified atom stereocenters. The van der Waals surface area contributed by atoms with Gasteiger partial charge in [0, 0.05) is 12.1 Å². The first kappa shape index (κ1) is 14.5. The van der Waals surface area contributed by atoms with Crippen LogP contribution >= 0.6 is 0 Å². The zero-order valence-electron chi connectivity index (χ0n) is 11.9. The summed E-state index contributed by atoms with van der Waals surface area (Å²) in [6, 6.07) is 8.91. The Kier molecular flexibility index (Phi) is 3.99. The van der Waals surface area contributed by atoms with Crippen molar-refractivity contribution in [3.63, 3.8) is 0 Å². The number of hydrogen-bond donors (Lipinski definition) is 1. The Morgan fingerprint density at radius 2 is 1.86 bits per heavy atom. The Morgan fingerprint density at radius 1 is 1.14 bits per heavy atom. The molecule has 1 aromatic carbocycles. The normalized spacial score (nSPS) is 28.5. The van der Waals surface area contributed by atoms with Gasteiger partial charge in [-0.1, -0.05) is 18.2 Å². The molecule has 0 saturated carbocycles. The number of nitrogens with one attached hydrogen (secondary N) is 1. The van der Waals surface area contributed by atoms with Gasteiger partial charge in [0.05, 0.1) is 17.0 Å². The number of carbonyl (C=O) groups is 1. The number of rotatable bonds is 1. The molecule has 2 aliphatic heterocycles. The summed E-state index contributed by atoms with van der Waals surface area (Å²) < 4.78 is 24.6. The molecule has 21 heavy (non-hydrogen) atoms. The number of amides is 1. The van der Waals surface area contributed by atoms with Crippen LogP contribution in [0.3, 0.4) is 0 Å². The number of nitrogens with zero attached hydrogens (tertiary/aromatic N) is 1. The van der Waals surface area contributed by atoms with Gasteiger partial charge in [-0.25, -0.2) is 8.42 Å². The zero-order valence-corrected chi connectivity index (χ0v) is 12.7. The van der Waals surface area contributed by atoms with E-state index in [-0.39, 0.29) is 17.7 Å². The lowest BCUT2D eigenvalue weighted by atomic mass is 10.0. The third-order valence-electron chi connectivity index (χ3n) is 4.41. The summed E-state index contributed by atoms with van der Waals surface area (Å²) in [4.78, 5) is 14.5. The average molecular weight is 308 g/mol. The van der Waals surface area contributed by atoms with Crippen LogP contribution in [0.15, 0.2) is 30.3 Å². The molecule has 1 N–H and O–H groups in total. The van der Waals surface area contributed by atoms with E-state index in [9.17, 15) is 13.2 Å². The Labute approximate surface area is 125 Å². The van der Waals surface area contributed by atoms with Gasteiger partial charge in [0.25, 0.3) is 5.91 Å². The van der Waals surface area contributed by atoms with Gasteiger partial charge in [-0.3, -0.25) is 4.79 Å². The van der Waals surface area contributed by atoms with Crippen LogP contribution in [0.25, 0.3) is 0 Å². The summed E-state index contributed by atoms with van der Waals surface area (Å²) in [6.07, 6.45) is 1.29. The predicted octanol–water partition coefficient (Wildman–Crippen LogP) is 0.678. The van der Waals surface area contributed by atoms with Crippen molar-refractivity contribution in [2.24, 2.45) is 0 Å². The number of benzene rings is 1. The standard InChI is InChI=1S/C15H20N2O3S/c18-15(12-4-2-1-3-5-12)17-10-11-21(19,20)14-7-9-16-8-6-13(14)17/h1-5,13-14,16H,6-11H2/t13-,14-/m0/s1. The second kappa shape index (κ2) is 5.77. The molecule has 0 radical (unpaired) electrons. The SMILES string of the molecule is O=C(c1ccccc1)N1CCS(=O)(=O)[C@H]2CCNCC[C@@H]21. The minimum Gasteiger partial charge on any atom is -0.333 e. The first-order valence-electron chi connectivity index (χ1n) is 7.38. The second-order valence-electron chi connectivity index (χ2n) is 5.66. The molecule has 114 valence electrons. The maximum absolute atomic E-state index is 12.7. The smallest absolute Gasteiger partial charge is 0.254 e. The van der Waals surface area contributed by atoms with Crippen LogP contribution in [0.1, 0.15) is 23.2 Å². The zero-order chi connectivity index (χ0) is 14.9. The molecule has 5 nitrogen and oxygen atoms in total. The highest BCUT2D eigenvalue weighted by Gasteiger charge is 2.43. The number of fused-ring (bicyclic) bond motifs is 1. The van der Waals surface area contributed by atoms with Crippen molar-refractivity contribution in [2.75, 3.05) is 25.4 Å². The Balaban J connectivity index is 1.90. The third-order valence-corrected chi connectivity index (χ3v) is 6.64. The third kappa shape index (κ3) is 2.82. The molecule has 2 atom stereocenters. The summed E-state index contributed by atoms with van der Waals surface area (Å²) in [5, 5.41) is 2.82. The molecule has 0 bridgehead atoms. The van der Waals surface area contributed by atoms with Crippen LogP contribution in [0.2, 0.25) is 0 Å². The van der Waals surface area contributed by atoms with Gasteiger partial charge < -0.3 is 10.2 Å². The van der Waals surface area contributed by atoms with Gasteiger partial charge >= 0.3 is 0 Å². The first-order valence-corrected chi connectivity index (χ1v) is 9.09. The summed E-state index contributed by atoms with van der Waals surface area (Å²) in [5.74, 6) is 0.0228. The van der Waals surface area contributed by atoms with Crippen molar-refractivity contribution in [3.05, 3.63) is 35.9 Å². The minimum absolute atomic E-state index is 0.0533. The molecule has 2 fully saturated rings. The molecule has 6 heteroatoms. The number of hydrogen-bond acceptors (Lipinski definition) is 4. The maximum Gasteiger partial charge on any atom is 0.254 e. The van der Waals surface area contributed by atoms with Crippen LogP contribution in [0.4, 0.5) is 0 Å². The van der Waals surface area contributed by atoms with Crippen LogP contribution < -0.4 is 5.32 Å². The van der Waals surface area contributed by atoms with Gasteiger partial charge in [0.2, 0.25) is 0 Å². The Bertz CT molecular complexity index is 615. The number of carbonyl (C=O) groups excluding carboxylic acids is 1. The Hall–Kier alpha value is -1.40. The molecule has 0 spiro atoms. The minimum atomic E-state index is -3.09. The molecule has 0 aromatic heterocycles. The van der Waals surface area contributed by atoms with Crippen molar-refractivity contribution in [1.82, 2.24) is 10.2 Å². The van der Waals surface area contributed by atoms with E-state index < -0.39 is 15.1 Å².